The van der Waals surface area contributed by atoms with Gasteiger partial charge < -0.3 is 5.32 Å². The summed E-state index contributed by atoms with van der Waals surface area (Å²) >= 11 is 3.67. The van der Waals surface area contributed by atoms with E-state index in [0.717, 1.165) is 26.1 Å². The first-order chi connectivity index (χ1) is 10.3. The minimum atomic E-state index is 0.553. The molecule has 0 fully saturated rings. The topological polar surface area (TPSA) is 15.3 Å². The first-order valence-electron chi connectivity index (χ1n) is 7.47. The fourth-order valence-electron chi connectivity index (χ4n) is 3.11. The van der Waals surface area contributed by atoms with Gasteiger partial charge in [0.25, 0.3) is 0 Å². The van der Waals surface area contributed by atoms with Crippen LogP contribution in [0.4, 0.5) is 0 Å². The van der Waals surface area contributed by atoms with Crippen molar-refractivity contribution in [3.63, 3.8) is 0 Å². The van der Waals surface area contributed by atoms with Gasteiger partial charge in [-0.3, -0.25) is 4.90 Å². The summed E-state index contributed by atoms with van der Waals surface area (Å²) in [5.74, 6) is 0. The molecule has 1 N–H and O–H groups in total. The normalized spacial score (nSPS) is 18.5. The van der Waals surface area contributed by atoms with E-state index >= 15 is 0 Å². The molecule has 3 heteroatoms. The highest BCUT2D eigenvalue weighted by atomic mass is 79.9. The minimum Gasteiger partial charge on any atom is -0.318 e. The SMILES string of the molecule is CNCC1Cc2ccccc2CN1Cc1ccccc1Br. The fourth-order valence-corrected chi connectivity index (χ4v) is 3.52. The van der Waals surface area contributed by atoms with Gasteiger partial charge in [-0.25, -0.2) is 0 Å². The van der Waals surface area contributed by atoms with Crippen molar-refractivity contribution in [2.24, 2.45) is 0 Å². The Morgan fingerprint density at radius 3 is 2.57 bits per heavy atom. The molecule has 110 valence electrons. The number of halogens is 1. The molecule has 0 bridgehead atoms. The van der Waals surface area contributed by atoms with E-state index in [1.54, 1.807) is 0 Å². The van der Waals surface area contributed by atoms with Crippen molar-refractivity contribution in [1.82, 2.24) is 10.2 Å². The van der Waals surface area contributed by atoms with Crippen LogP contribution >= 0.6 is 15.9 Å². The second-order valence-corrected chi connectivity index (χ2v) is 6.54. The van der Waals surface area contributed by atoms with Crippen LogP contribution in [0.2, 0.25) is 0 Å². The highest BCUT2D eigenvalue weighted by Crippen LogP contribution is 2.26. The largest absolute Gasteiger partial charge is 0.318 e. The summed E-state index contributed by atoms with van der Waals surface area (Å²) in [6.07, 6.45) is 1.13. The number of benzene rings is 2. The fraction of sp³-hybridized carbons (Fsp3) is 0.333. The van der Waals surface area contributed by atoms with Gasteiger partial charge in [0.2, 0.25) is 0 Å². The zero-order valence-corrected chi connectivity index (χ0v) is 13.9. The molecule has 1 atom stereocenters. The lowest BCUT2D eigenvalue weighted by molar-refractivity contribution is 0.160. The van der Waals surface area contributed by atoms with Crippen molar-refractivity contribution in [1.29, 1.82) is 0 Å². The molecular formula is C18H21BrN2. The Morgan fingerprint density at radius 1 is 1.10 bits per heavy atom. The lowest BCUT2D eigenvalue weighted by Gasteiger charge is -2.37. The Balaban J connectivity index is 1.84. The predicted molar refractivity (Wildman–Crippen MR) is 91.2 cm³/mol. The quantitative estimate of drug-likeness (QED) is 0.911. The monoisotopic (exact) mass is 344 g/mol. The molecule has 1 heterocycles. The third-order valence-corrected chi connectivity index (χ3v) is 5.01. The highest BCUT2D eigenvalue weighted by Gasteiger charge is 2.25. The molecule has 2 aromatic carbocycles. The van der Waals surface area contributed by atoms with Gasteiger partial charge in [0.15, 0.2) is 0 Å². The van der Waals surface area contributed by atoms with E-state index in [4.69, 9.17) is 0 Å². The van der Waals surface area contributed by atoms with E-state index in [2.05, 4.69) is 74.7 Å². The van der Waals surface area contributed by atoms with Crippen molar-refractivity contribution < 1.29 is 0 Å². The van der Waals surface area contributed by atoms with Crippen LogP contribution in [0.15, 0.2) is 53.0 Å². The van der Waals surface area contributed by atoms with Gasteiger partial charge in [-0.05, 0) is 36.2 Å². The number of rotatable bonds is 4. The van der Waals surface area contributed by atoms with Gasteiger partial charge in [0.05, 0.1) is 0 Å². The molecule has 2 aromatic rings. The number of hydrogen-bond acceptors (Lipinski definition) is 2. The molecule has 0 saturated heterocycles. The molecule has 1 aliphatic rings. The Morgan fingerprint density at radius 2 is 1.81 bits per heavy atom. The van der Waals surface area contributed by atoms with Gasteiger partial charge in [0, 0.05) is 30.1 Å². The van der Waals surface area contributed by atoms with Crippen molar-refractivity contribution in [3.8, 4) is 0 Å². The molecule has 0 amide bonds. The summed E-state index contributed by atoms with van der Waals surface area (Å²) in [7, 11) is 2.04. The second kappa shape index (κ2) is 6.73. The summed E-state index contributed by atoms with van der Waals surface area (Å²) in [4.78, 5) is 2.58. The third kappa shape index (κ3) is 3.37. The molecular weight excluding hydrogens is 324 g/mol. The number of hydrogen-bond donors (Lipinski definition) is 1. The molecule has 1 unspecified atom stereocenters. The molecule has 21 heavy (non-hydrogen) atoms. The van der Waals surface area contributed by atoms with Gasteiger partial charge in [0.1, 0.15) is 0 Å². The van der Waals surface area contributed by atoms with E-state index in [-0.39, 0.29) is 0 Å². The first kappa shape index (κ1) is 14.8. The van der Waals surface area contributed by atoms with Crippen molar-refractivity contribution in [2.75, 3.05) is 13.6 Å². The van der Waals surface area contributed by atoms with E-state index in [1.165, 1.54) is 21.2 Å². The number of likely N-dealkylation sites (N-methyl/N-ethyl adjacent to an activating group) is 1. The lowest BCUT2D eigenvalue weighted by Crippen LogP contribution is -2.45. The maximum Gasteiger partial charge on any atom is 0.0268 e. The first-order valence-corrected chi connectivity index (χ1v) is 8.26. The van der Waals surface area contributed by atoms with Crippen LogP contribution in [0, 0.1) is 0 Å². The van der Waals surface area contributed by atoms with E-state index in [1.807, 2.05) is 7.05 Å². The molecule has 0 radical (unpaired) electrons. The maximum absolute atomic E-state index is 3.67. The number of fused-ring (bicyclic) bond motifs is 1. The minimum absolute atomic E-state index is 0.553. The second-order valence-electron chi connectivity index (χ2n) is 5.68. The molecule has 2 nitrogen and oxygen atoms in total. The summed E-state index contributed by atoms with van der Waals surface area (Å²) < 4.78 is 1.20. The standard InChI is InChI=1S/C18H21BrN2/c1-20-11-17-10-14-6-2-3-7-15(14)12-21(17)13-16-8-4-5-9-18(16)19/h2-9,17,20H,10-13H2,1H3. The van der Waals surface area contributed by atoms with Crippen LogP contribution < -0.4 is 5.32 Å². The Hall–Kier alpha value is -1.16. The summed E-state index contributed by atoms with van der Waals surface area (Å²) in [6.45, 7) is 3.05. The van der Waals surface area contributed by atoms with Crippen LogP contribution in [-0.4, -0.2) is 24.5 Å². The Bertz CT molecular complexity index is 612. The predicted octanol–water partition coefficient (Wildman–Crippen LogP) is 3.60. The van der Waals surface area contributed by atoms with Crippen LogP contribution in [0.1, 0.15) is 16.7 Å². The molecule has 0 saturated carbocycles. The van der Waals surface area contributed by atoms with Crippen molar-refractivity contribution >= 4 is 15.9 Å². The van der Waals surface area contributed by atoms with Gasteiger partial charge in [-0.2, -0.15) is 0 Å². The third-order valence-electron chi connectivity index (χ3n) is 4.23. The van der Waals surface area contributed by atoms with Crippen molar-refractivity contribution in [2.45, 2.75) is 25.6 Å². The van der Waals surface area contributed by atoms with E-state index < -0.39 is 0 Å². The molecule has 0 spiro atoms. The zero-order valence-electron chi connectivity index (χ0n) is 12.3. The van der Waals surface area contributed by atoms with Gasteiger partial charge in [-0.15, -0.1) is 0 Å². The highest BCUT2D eigenvalue weighted by molar-refractivity contribution is 9.10. The summed E-state index contributed by atoms with van der Waals surface area (Å²) in [5.41, 5.74) is 4.33. The van der Waals surface area contributed by atoms with E-state index in [9.17, 15) is 0 Å². The van der Waals surface area contributed by atoms with Gasteiger partial charge in [-0.1, -0.05) is 58.4 Å². The number of nitrogens with one attached hydrogen (secondary N) is 1. The molecule has 0 aliphatic carbocycles. The smallest absolute Gasteiger partial charge is 0.0268 e. The zero-order chi connectivity index (χ0) is 14.7. The summed E-state index contributed by atoms with van der Waals surface area (Å²) in [5, 5.41) is 3.35. The average molecular weight is 345 g/mol. The van der Waals surface area contributed by atoms with E-state index in [0.29, 0.717) is 6.04 Å². The Labute approximate surface area is 135 Å². The van der Waals surface area contributed by atoms with Crippen LogP contribution in [0.25, 0.3) is 0 Å². The molecule has 0 aromatic heterocycles. The lowest BCUT2D eigenvalue weighted by atomic mass is 9.93. The van der Waals surface area contributed by atoms with Crippen LogP contribution in [0.5, 0.6) is 0 Å². The Kier molecular flexibility index (Phi) is 4.73. The van der Waals surface area contributed by atoms with Crippen molar-refractivity contribution in [3.05, 3.63) is 69.7 Å². The molecule has 1 aliphatic heterocycles. The summed E-state index contributed by atoms with van der Waals surface area (Å²) in [6, 6.07) is 17.9. The molecule has 3 rings (SSSR count). The maximum atomic E-state index is 3.67. The van der Waals surface area contributed by atoms with Crippen LogP contribution in [0.3, 0.4) is 0 Å². The average Bonchev–Trinajstić information content (AvgIpc) is 2.50. The number of nitrogens with zero attached hydrogens (tertiary/aromatic N) is 1. The van der Waals surface area contributed by atoms with Gasteiger partial charge >= 0.3 is 0 Å². The van der Waals surface area contributed by atoms with Crippen LogP contribution in [-0.2, 0) is 19.5 Å².